The van der Waals surface area contributed by atoms with E-state index in [9.17, 15) is 4.39 Å². The van der Waals surface area contributed by atoms with Crippen LogP contribution in [0.15, 0.2) is 36.7 Å². The van der Waals surface area contributed by atoms with Crippen molar-refractivity contribution in [3.8, 4) is 11.4 Å². The second-order valence-electron chi connectivity index (χ2n) is 4.51. The lowest BCUT2D eigenvalue weighted by atomic mass is 10.1. The molecule has 0 radical (unpaired) electrons. The van der Waals surface area contributed by atoms with Crippen LogP contribution in [0.2, 0.25) is 0 Å². The maximum Gasteiger partial charge on any atom is 0.159 e. The summed E-state index contributed by atoms with van der Waals surface area (Å²) >= 11 is 0. The number of piperazine rings is 1. The number of hydrogen-bond donors (Lipinski definition) is 1. The first-order chi connectivity index (χ1) is 13.3. The van der Waals surface area contributed by atoms with Crippen LogP contribution in [0.5, 0.6) is 0 Å². The zero-order valence-corrected chi connectivity index (χ0v) is 18.5. The summed E-state index contributed by atoms with van der Waals surface area (Å²) < 4.78 is 12.8. The first-order valence-electron chi connectivity index (χ1n) is 10.4. The first kappa shape index (κ1) is 27.2. The Balaban J connectivity index is 0. The first-order valence-corrected chi connectivity index (χ1v) is 10.4. The lowest BCUT2D eigenvalue weighted by Crippen LogP contribution is -2.43. The van der Waals surface area contributed by atoms with Crippen molar-refractivity contribution in [3.05, 3.63) is 42.5 Å². The van der Waals surface area contributed by atoms with Gasteiger partial charge in [-0.2, -0.15) is 0 Å². The quantitative estimate of drug-likeness (QED) is 0.717. The Morgan fingerprint density at radius 2 is 1.22 bits per heavy atom. The topological polar surface area (TPSA) is 41.1 Å². The van der Waals surface area contributed by atoms with Crippen molar-refractivity contribution in [3.63, 3.8) is 0 Å². The lowest BCUT2D eigenvalue weighted by molar-refractivity contribution is 0.589. The molecule has 0 amide bonds. The van der Waals surface area contributed by atoms with E-state index in [1.165, 1.54) is 18.1 Å². The Morgan fingerprint density at radius 3 is 1.67 bits per heavy atom. The van der Waals surface area contributed by atoms with Gasteiger partial charge in [0, 0.05) is 37.4 Å². The molecule has 0 aliphatic carbocycles. The van der Waals surface area contributed by atoms with Crippen LogP contribution in [-0.2, 0) is 0 Å². The Hall–Kier alpha value is -2.01. The van der Waals surface area contributed by atoms with Gasteiger partial charge in [0.1, 0.15) is 0 Å². The molecule has 1 aliphatic heterocycles. The molecule has 0 saturated carbocycles. The minimum atomic E-state index is -0.416. The molecule has 154 valence electrons. The molecule has 1 N–H and O–H groups in total. The van der Waals surface area contributed by atoms with Crippen molar-refractivity contribution < 1.29 is 4.39 Å². The number of aromatic nitrogens is 2. The minimum Gasteiger partial charge on any atom is -0.369 e. The van der Waals surface area contributed by atoms with E-state index in [1.807, 2.05) is 67.5 Å². The van der Waals surface area contributed by atoms with Gasteiger partial charge in [0.15, 0.2) is 11.6 Å². The summed E-state index contributed by atoms with van der Waals surface area (Å²) in [7, 11) is 0. The maximum atomic E-state index is 12.8. The summed E-state index contributed by atoms with van der Waals surface area (Å²) in [5.41, 5.74) is 2.10. The molecule has 27 heavy (non-hydrogen) atoms. The number of nitrogens with zero attached hydrogens (tertiary/aromatic N) is 3. The fraction of sp³-hybridized carbons (Fsp3) is 0.545. The fourth-order valence-corrected chi connectivity index (χ4v) is 2.21. The van der Waals surface area contributed by atoms with Crippen LogP contribution < -0.4 is 10.2 Å². The average Bonchev–Trinajstić information content (AvgIpc) is 2.80. The molecule has 1 fully saturated rings. The van der Waals surface area contributed by atoms with Gasteiger partial charge in [-0.1, -0.05) is 55.4 Å². The second kappa shape index (κ2) is 18.8. The van der Waals surface area contributed by atoms with E-state index in [1.54, 1.807) is 0 Å². The summed E-state index contributed by atoms with van der Waals surface area (Å²) in [6.45, 7) is 20.1. The standard InChI is InChI=1S/C14H15FN4.4C2H6/c15-12-9-17-14(18-10-12)11-1-3-13(4-2-11)19-7-5-16-6-8-19;4*1-2/h1-4,9-10,16H,5-8H2;4*1-2H3. The van der Waals surface area contributed by atoms with E-state index < -0.39 is 5.82 Å². The highest BCUT2D eigenvalue weighted by atomic mass is 19.1. The van der Waals surface area contributed by atoms with Gasteiger partial charge in [0.2, 0.25) is 0 Å². The third kappa shape index (κ3) is 10.0. The summed E-state index contributed by atoms with van der Waals surface area (Å²) in [6, 6.07) is 8.08. The van der Waals surface area contributed by atoms with Crippen LogP contribution in [0, 0.1) is 5.82 Å². The molecule has 4 nitrogen and oxygen atoms in total. The van der Waals surface area contributed by atoms with Gasteiger partial charge in [0.05, 0.1) is 12.4 Å². The molecular formula is C22H39FN4. The molecule has 0 unspecified atom stereocenters. The Kier molecular flexibility index (Phi) is 18.9. The van der Waals surface area contributed by atoms with E-state index in [2.05, 4.69) is 32.3 Å². The molecule has 3 rings (SSSR count). The molecule has 0 spiro atoms. The van der Waals surface area contributed by atoms with Gasteiger partial charge >= 0.3 is 0 Å². The van der Waals surface area contributed by atoms with Gasteiger partial charge in [-0.3, -0.25) is 0 Å². The molecule has 1 aromatic carbocycles. The molecule has 0 bridgehead atoms. The monoisotopic (exact) mass is 378 g/mol. The van der Waals surface area contributed by atoms with E-state index in [0.717, 1.165) is 31.7 Å². The predicted octanol–water partition coefficient (Wildman–Crippen LogP) is 5.80. The highest BCUT2D eigenvalue weighted by Crippen LogP contribution is 2.20. The number of rotatable bonds is 2. The van der Waals surface area contributed by atoms with Crippen molar-refractivity contribution in [2.45, 2.75) is 55.4 Å². The number of hydrogen-bond acceptors (Lipinski definition) is 4. The predicted molar refractivity (Wildman–Crippen MR) is 118 cm³/mol. The van der Waals surface area contributed by atoms with Crippen molar-refractivity contribution in [1.82, 2.24) is 15.3 Å². The Morgan fingerprint density at radius 1 is 0.778 bits per heavy atom. The van der Waals surface area contributed by atoms with Gasteiger partial charge in [-0.05, 0) is 24.3 Å². The Labute approximate surface area is 166 Å². The SMILES string of the molecule is CC.CC.CC.CC.Fc1cnc(-c2ccc(N3CCNCC3)cc2)nc1. The largest absolute Gasteiger partial charge is 0.369 e. The highest BCUT2D eigenvalue weighted by molar-refractivity contribution is 5.60. The molecule has 0 atom stereocenters. The molecule has 1 aromatic heterocycles. The van der Waals surface area contributed by atoms with E-state index in [4.69, 9.17) is 0 Å². The fourth-order valence-electron chi connectivity index (χ4n) is 2.21. The average molecular weight is 379 g/mol. The summed E-state index contributed by atoms with van der Waals surface area (Å²) in [5.74, 6) is 0.134. The summed E-state index contributed by atoms with van der Waals surface area (Å²) in [5, 5.41) is 3.33. The van der Waals surface area contributed by atoms with Crippen LogP contribution in [-0.4, -0.2) is 36.1 Å². The zero-order chi connectivity index (χ0) is 21.1. The number of halogens is 1. The highest BCUT2D eigenvalue weighted by Gasteiger charge is 2.10. The normalized spacial score (nSPS) is 11.8. The minimum absolute atomic E-state index is 0.416. The van der Waals surface area contributed by atoms with E-state index in [-0.39, 0.29) is 0 Å². The molecule has 2 heterocycles. The lowest BCUT2D eigenvalue weighted by Gasteiger charge is -2.29. The third-order valence-corrected chi connectivity index (χ3v) is 3.23. The van der Waals surface area contributed by atoms with Gasteiger partial charge in [0.25, 0.3) is 0 Å². The van der Waals surface area contributed by atoms with Crippen molar-refractivity contribution in [1.29, 1.82) is 0 Å². The molecule has 1 saturated heterocycles. The number of benzene rings is 1. The van der Waals surface area contributed by atoms with Gasteiger partial charge in [-0.15, -0.1) is 0 Å². The second-order valence-corrected chi connectivity index (χ2v) is 4.51. The number of anilines is 1. The third-order valence-electron chi connectivity index (χ3n) is 3.23. The summed E-state index contributed by atoms with van der Waals surface area (Å²) in [6.07, 6.45) is 2.37. The van der Waals surface area contributed by atoms with Crippen LogP contribution in [0.1, 0.15) is 55.4 Å². The van der Waals surface area contributed by atoms with Crippen LogP contribution >= 0.6 is 0 Å². The van der Waals surface area contributed by atoms with Gasteiger partial charge < -0.3 is 10.2 Å². The number of nitrogens with one attached hydrogen (secondary N) is 1. The smallest absolute Gasteiger partial charge is 0.159 e. The van der Waals surface area contributed by atoms with Crippen molar-refractivity contribution in [2.75, 3.05) is 31.1 Å². The molecule has 2 aromatic rings. The van der Waals surface area contributed by atoms with Crippen LogP contribution in [0.25, 0.3) is 11.4 Å². The Bertz CT molecular complexity index is 535. The van der Waals surface area contributed by atoms with Crippen molar-refractivity contribution in [2.24, 2.45) is 0 Å². The van der Waals surface area contributed by atoms with Gasteiger partial charge in [-0.25, -0.2) is 14.4 Å². The zero-order valence-electron chi connectivity index (χ0n) is 18.5. The van der Waals surface area contributed by atoms with Crippen molar-refractivity contribution >= 4 is 5.69 Å². The van der Waals surface area contributed by atoms with E-state index >= 15 is 0 Å². The molecular weight excluding hydrogens is 339 g/mol. The summed E-state index contributed by atoms with van der Waals surface area (Å²) in [4.78, 5) is 10.3. The van der Waals surface area contributed by atoms with Crippen LogP contribution in [0.4, 0.5) is 10.1 Å². The van der Waals surface area contributed by atoms with Crippen LogP contribution in [0.3, 0.4) is 0 Å². The maximum absolute atomic E-state index is 12.8. The van der Waals surface area contributed by atoms with E-state index in [0.29, 0.717) is 5.82 Å². The molecule has 5 heteroatoms. The molecule has 1 aliphatic rings.